The van der Waals surface area contributed by atoms with Gasteiger partial charge in [-0.2, -0.15) is 0 Å². The van der Waals surface area contributed by atoms with Gasteiger partial charge in [0, 0.05) is 17.7 Å². The lowest BCUT2D eigenvalue weighted by atomic mass is 10.1. The van der Waals surface area contributed by atoms with E-state index in [1.165, 1.54) is 18.2 Å². The normalized spacial score (nSPS) is 10.2. The highest BCUT2D eigenvalue weighted by Gasteiger charge is 2.08. The minimum atomic E-state index is -0.523. The first-order valence-corrected chi connectivity index (χ1v) is 6.88. The van der Waals surface area contributed by atoms with Gasteiger partial charge in [0.05, 0.1) is 4.47 Å². The predicted octanol–water partition coefficient (Wildman–Crippen LogP) is 2.62. The summed E-state index contributed by atoms with van der Waals surface area (Å²) >= 11 is 3.03. The van der Waals surface area contributed by atoms with Gasteiger partial charge in [0.1, 0.15) is 5.82 Å². The fraction of sp³-hybridized carbons (Fsp3) is 0.0667. The summed E-state index contributed by atoms with van der Waals surface area (Å²) in [5.74, 6) is -1.29. The van der Waals surface area contributed by atoms with Crippen LogP contribution in [0.3, 0.4) is 0 Å². The Bertz CT molecular complexity index is 704. The van der Waals surface area contributed by atoms with Gasteiger partial charge in [-0.1, -0.05) is 12.1 Å². The average Bonchev–Trinajstić information content (AvgIpc) is 2.48. The number of carbonyl (C=O) groups is 2. The van der Waals surface area contributed by atoms with Gasteiger partial charge >= 0.3 is 0 Å². The number of halogens is 2. The first-order chi connectivity index (χ1) is 9.97. The van der Waals surface area contributed by atoms with E-state index in [1.807, 2.05) is 0 Å². The van der Waals surface area contributed by atoms with Crippen molar-refractivity contribution < 1.29 is 14.0 Å². The van der Waals surface area contributed by atoms with E-state index >= 15 is 0 Å². The Morgan fingerprint density at radius 3 is 2.57 bits per heavy atom. The van der Waals surface area contributed by atoms with E-state index in [2.05, 4.69) is 21.2 Å². The maximum absolute atomic E-state index is 13.1. The molecule has 4 nitrogen and oxygen atoms in total. The molecule has 0 saturated carbocycles. The van der Waals surface area contributed by atoms with Gasteiger partial charge in [0.2, 0.25) is 5.91 Å². The number of carbonyl (C=O) groups excluding carboxylic acids is 2. The van der Waals surface area contributed by atoms with Crippen LogP contribution in [0.25, 0.3) is 0 Å². The minimum Gasteiger partial charge on any atom is -0.366 e. The highest BCUT2D eigenvalue weighted by atomic mass is 79.9. The maximum Gasteiger partial charge on any atom is 0.251 e. The number of nitrogens with one attached hydrogen (secondary N) is 1. The molecule has 0 unspecified atom stereocenters. The molecule has 0 fully saturated rings. The molecule has 0 aliphatic heterocycles. The van der Waals surface area contributed by atoms with Crippen LogP contribution in [-0.4, -0.2) is 11.8 Å². The third-order valence-electron chi connectivity index (χ3n) is 2.85. The van der Waals surface area contributed by atoms with Crippen LogP contribution in [0.1, 0.15) is 26.3 Å². The van der Waals surface area contributed by atoms with E-state index in [0.29, 0.717) is 11.1 Å². The maximum atomic E-state index is 13.1. The zero-order chi connectivity index (χ0) is 15.4. The third-order valence-corrected chi connectivity index (χ3v) is 3.45. The number of nitrogens with two attached hydrogens (primary N) is 1. The molecule has 0 atom stereocenters. The zero-order valence-corrected chi connectivity index (χ0v) is 12.5. The van der Waals surface area contributed by atoms with Gasteiger partial charge in [0.15, 0.2) is 0 Å². The van der Waals surface area contributed by atoms with Crippen molar-refractivity contribution >= 4 is 27.7 Å². The van der Waals surface area contributed by atoms with E-state index in [9.17, 15) is 14.0 Å². The van der Waals surface area contributed by atoms with E-state index in [4.69, 9.17) is 5.73 Å². The van der Waals surface area contributed by atoms with Crippen LogP contribution in [0.15, 0.2) is 46.9 Å². The molecule has 0 aromatic heterocycles. The Morgan fingerprint density at radius 1 is 1.14 bits per heavy atom. The molecule has 2 aromatic carbocycles. The Kier molecular flexibility index (Phi) is 4.70. The van der Waals surface area contributed by atoms with Gasteiger partial charge in [-0.3, -0.25) is 9.59 Å². The molecule has 0 saturated heterocycles. The summed E-state index contributed by atoms with van der Waals surface area (Å²) in [5, 5.41) is 2.69. The van der Waals surface area contributed by atoms with Crippen LogP contribution >= 0.6 is 15.9 Å². The van der Waals surface area contributed by atoms with Crippen molar-refractivity contribution in [2.24, 2.45) is 5.73 Å². The second kappa shape index (κ2) is 6.49. The summed E-state index contributed by atoms with van der Waals surface area (Å²) in [4.78, 5) is 23.0. The topological polar surface area (TPSA) is 72.2 Å². The Balaban J connectivity index is 2.05. The first kappa shape index (κ1) is 15.2. The standard InChI is InChI=1S/C15H12BrFN2O2/c16-12-7-11(4-5-13(12)17)15(21)19-8-9-2-1-3-10(6-9)14(18)20/h1-7H,8H2,(H2,18,20)(H,19,21). The smallest absolute Gasteiger partial charge is 0.251 e. The average molecular weight is 351 g/mol. The third kappa shape index (κ3) is 3.88. The highest BCUT2D eigenvalue weighted by molar-refractivity contribution is 9.10. The van der Waals surface area contributed by atoms with Gasteiger partial charge in [0.25, 0.3) is 5.91 Å². The molecule has 0 aliphatic carbocycles. The van der Waals surface area contributed by atoms with Crippen LogP contribution in [0.4, 0.5) is 4.39 Å². The van der Waals surface area contributed by atoms with Crippen molar-refractivity contribution in [3.05, 3.63) is 69.4 Å². The quantitative estimate of drug-likeness (QED) is 0.889. The van der Waals surface area contributed by atoms with Crippen molar-refractivity contribution in [1.29, 1.82) is 0 Å². The fourth-order valence-corrected chi connectivity index (χ4v) is 2.14. The summed E-state index contributed by atoms with van der Waals surface area (Å²) in [6.45, 7) is 0.245. The molecular formula is C15H12BrFN2O2. The lowest BCUT2D eigenvalue weighted by Gasteiger charge is -2.07. The number of rotatable bonds is 4. The van der Waals surface area contributed by atoms with Gasteiger partial charge < -0.3 is 11.1 Å². The molecule has 6 heteroatoms. The Hall–Kier alpha value is -2.21. The lowest BCUT2D eigenvalue weighted by molar-refractivity contribution is 0.0950. The van der Waals surface area contributed by atoms with Gasteiger partial charge in [-0.25, -0.2) is 4.39 Å². The van der Waals surface area contributed by atoms with Crippen LogP contribution in [-0.2, 0) is 6.54 Å². The van der Waals surface area contributed by atoms with Crippen LogP contribution in [0.5, 0.6) is 0 Å². The fourth-order valence-electron chi connectivity index (χ4n) is 1.76. The summed E-state index contributed by atoms with van der Waals surface area (Å²) in [5.41, 5.74) is 6.67. The molecule has 0 aliphatic rings. The number of hydrogen-bond donors (Lipinski definition) is 2. The van der Waals surface area contributed by atoms with Crippen molar-refractivity contribution in [3.8, 4) is 0 Å². The SMILES string of the molecule is NC(=O)c1cccc(CNC(=O)c2ccc(F)c(Br)c2)c1. The van der Waals surface area contributed by atoms with Crippen LogP contribution < -0.4 is 11.1 Å². The Labute approximate surface area is 129 Å². The molecule has 21 heavy (non-hydrogen) atoms. The largest absolute Gasteiger partial charge is 0.366 e. The summed E-state index contributed by atoms with van der Waals surface area (Å²) in [7, 11) is 0. The van der Waals surface area contributed by atoms with E-state index in [0.717, 1.165) is 5.56 Å². The number of amides is 2. The molecular weight excluding hydrogens is 339 g/mol. The van der Waals surface area contributed by atoms with Crippen molar-refractivity contribution in [2.45, 2.75) is 6.54 Å². The van der Waals surface area contributed by atoms with Crippen molar-refractivity contribution in [2.75, 3.05) is 0 Å². The molecule has 0 spiro atoms. The summed E-state index contributed by atoms with van der Waals surface area (Å²) in [6, 6.07) is 10.7. The monoisotopic (exact) mass is 350 g/mol. The Morgan fingerprint density at radius 2 is 1.90 bits per heavy atom. The first-order valence-electron chi connectivity index (χ1n) is 6.09. The number of benzene rings is 2. The second-order valence-corrected chi connectivity index (χ2v) is 5.23. The molecule has 2 aromatic rings. The van der Waals surface area contributed by atoms with Crippen LogP contribution in [0, 0.1) is 5.82 Å². The predicted molar refractivity (Wildman–Crippen MR) is 80.2 cm³/mol. The number of primary amides is 1. The molecule has 108 valence electrons. The molecule has 2 amide bonds. The number of hydrogen-bond acceptors (Lipinski definition) is 2. The highest BCUT2D eigenvalue weighted by Crippen LogP contribution is 2.16. The molecule has 0 heterocycles. The van der Waals surface area contributed by atoms with E-state index in [-0.39, 0.29) is 16.9 Å². The van der Waals surface area contributed by atoms with Gasteiger partial charge in [-0.05, 0) is 51.8 Å². The summed E-state index contributed by atoms with van der Waals surface area (Å²) < 4.78 is 13.3. The zero-order valence-electron chi connectivity index (χ0n) is 10.9. The van der Waals surface area contributed by atoms with E-state index in [1.54, 1.807) is 24.3 Å². The van der Waals surface area contributed by atoms with Crippen molar-refractivity contribution in [3.63, 3.8) is 0 Å². The van der Waals surface area contributed by atoms with Crippen molar-refractivity contribution in [1.82, 2.24) is 5.32 Å². The molecule has 3 N–H and O–H groups in total. The minimum absolute atomic E-state index is 0.228. The van der Waals surface area contributed by atoms with Gasteiger partial charge in [-0.15, -0.1) is 0 Å². The summed E-state index contributed by atoms with van der Waals surface area (Å²) in [6.07, 6.45) is 0. The molecule has 2 rings (SSSR count). The molecule has 0 bridgehead atoms. The van der Waals surface area contributed by atoms with Crippen LogP contribution in [0.2, 0.25) is 0 Å². The lowest BCUT2D eigenvalue weighted by Crippen LogP contribution is -2.23. The second-order valence-electron chi connectivity index (χ2n) is 4.38. The molecule has 0 radical (unpaired) electrons. The van der Waals surface area contributed by atoms with E-state index < -0.39 is 11.7 Å².